The molecule has 0 aliphatic carbocycles. The third-order valence-electron chi connectivity index (χ3n) is 4.66. The van der Waals surface area contributed by atoms with E-state index in [4.69, 9.17) is 65.5 Å². The van der Waals surface area contributed by atoms with Crippen molar-refractivity contribution in [1.29, 1.82) is 0 Å². The maximum Gasteiger partial charge on any atom is 0.156 e. The maximum absolute atomic E-state index is 6.27. The third-order valence-corrected chi connectivity index (χ3v) is 5.53. The molecule has 0 aliphatic heterocycles. The van der Waals surface area contributed by atoms with E-state index in [1.165, 1.54) is 6.08 Å². The molecule has 0 heterocycles. The van der Waals surface area contributed by atoms with E-state index in [1.54, 1.807) is 18.3 Å². The molecule has 1 unspecified atom stereocenters. The van der Waals surface area contributed by atoms with E-state index in [9.17, 15) is 0 Å². The smallest absolute Gasteiger partial charge is 0.156 e. The van der Waals surface area contributed by atoms with Gasteiger partial charge in [0.05, 0.1) is 29.5 Å². The van der Waals surface area contributed by atoms with Gasteiger partial charge in [-0.25, -0.2) is 0 Å². The van der Waals surface area contributed by atoms with Crippen LogP contribution in [-0.2, 0) is 4.84 Å². The standard InChI is InChI=1S/C25H29Cl4NO4/c1-3-18(2)34-30-17-19-7-9-20(10-8-19)31-12-5-4-6-13-33-25-22(26)15-21(16-23(25)27)32-14-11-24(28)29/h7-11,15-18H,3-6,12-14H2,1-2H3. The molecule has 1 atom stereocenters. The Morgan fingerprint density at radius 1 is 0.912 bits per heavy atom. The summed E-state index contributed by atoms with van der Waals surface area (Å²) >= 11 is 23.7. The van der Waals surface area contributed by atoms with Crippen molar-refractivity contribution in [3.8, 4) is 17.2 Å². The van der Waals surface area contributed by atoms with Crippen LogP contribution in [0.4, 0.5) is 0 Å². The Bertz CT molecular complexity index is 908. The Morgan fingerprint density at radius 3 is 2.18 bits per heavy atom. The highest BCUT2D eigenvalue weighted by Crippen LogP contribution is 2.37. The van der Waals surface area contributed by atoms with Crippen molar-refractivity contribution >= 4 is 52.6 Å². The van der Waals surface area contributed by atoms with E-state index in [0.29, 0.717) is 34.8 Å². The molecule has 5 nitrogen and oxygen atoms in total. The fourth-order valence-electron chi connectivity index (χ4n) is 2.62. The zero-order chi connectivity index (χ0) is 24.8. The normalized spacial score (nSPS) is 11.8. The van der Waals surface area contributed by atoms with Crippen molar-refractivity contribution in [2.24, 2.45) is 5.16 Å². The molecule has 9 heteroatoms. The minimum atomic E-state index is 0.114. The first-order valence-electron chi connectivity index (χ1n) is 11.1. The summed E-state index contributed by atoms with van der Waals surface area (Å²) in [6.07, 6.45) is 6.95. The van der Waals surface area contributed by atoms with E-state index in [0.717, 1.165) is 37.0 Å². The molecule has 0 spiro atoms. The molecule has 2 rings (SSSR count). The molecule has 0 aliphatic rings. The number of rotatable bonds is 15. The first kappa shape index (κ1) is 28.4. The Morgan fingerprint density at radius 2 is 1.56 bits per heavy atom. The third kappa shape index (κ3) is 11.1. The second-order valence-corrected chi connectivity index (χ2v) is 9.23. The fraction of sp³-hybridized carbons (Fsp3) is 0.400. The number of oxime groups is 1. The molecule has 0 bridgehead atoms. The summed E-state index contributed by atoms with van der Waals surface area (Å²) in [5, 5.41) is 4.75. The first-order chi connectivity index (χ1) is 16.4. The van der Waals surface area contributed by atoms with E-state index in [2.05, 4.69) is 12.1 Å². The van der Waals surface area contributed by atoms with Gasteiger partial charge in [0, 0.05) is 12.1 Å². The minimum Gasteiger partial charge on any atom is -0.494 e. The lowest BCUT2D eigenvalue weighted by Crippen LogP contribution is -2.02. The van der Waals surface area contributed by atoms with Crippen LogP contribution in [0, 0.1) is 0 Å². The zero-order valence-electron chi connectivity index (χ0n) is 19.2. The number of halogens is 4. The van der Waals surface area contributed by atoms with Gasteiger partial charge in [-0.15, -0.1) is 0 Å². The first-order valence-corrected chi connectivity index (χ1v) is 12.6. The predicted molar refractivity (Wildman–Crippen MR) is 141 cm³/mol. The van der Waals surface area contributed by atoms with E-state index in [1.807, 2.05) is 31.2 Å². The summed E-state index contributed by atoms with van der Waals surface area (Å²) in [5.41, 5.74) is 0.959. The van der Waals surface area contributed by atoms with Crippen molar-refractivity contribution in [2.75, 3.05) is 19.8 Å². The Labute approximate surface area is 221 Å². The summed E-state index contributed by atoms with van der Waals surface area (Å²) in [4.78, 5) is 5.30. The molecule has 0 saturated heterocycles. The van der Waals surface area contributed by atoms with Crippen LogP contribution in [0.5, 0.6) is 17.2 Å². The highest BCUT2D eigenvalue weighted by Gasteiger charge is 2.10. The molecule has 0 fully saturated rings. The van der Waals surface area contributed by atoms with E-state index in [-0.39, 0.29) is 17.2 Å². The molecule has 0 radical (unpaired) electrons. The average Bonchev–Trinajstić information content (AvgIpc) is 2.80. The molecule has 0 saturated carbocycles. The van der Waals surface area contributed by atoms with Gasteiger partial charge in [0.15, 0.2) is 5.75 Å². The highest BCUT2D eigenvalue weighted by atomic mass is 35.5. The van der Waals surface area contributed by atoms with Gasteiger partial charge in [0.1, 0.15) is 28.7 Å². The molecule has 0 aromatic heterocycles. The second kappa shape index (κ2) is 16.0. The SMILES string of the molecule is CCC(C)ON=Cc1ccc(OCCCCCOc2c(Cl)cc(OCC=C(Cl)Cl)cc2Cl)cc1. The van der Waals surface area contributed by atoms with Crippen molar-refractivity contribution in [3.63, 3.8) is 0 Å². The van der Waals surface area contributed by atoms with Gasteiger partial charge in [0.2, 0.25) is 0 Å². The highest BCUT2D eigenvalue weighted by molar-refractivity contribution is 6.55. The number of benzene rings is 2. The number of hydrogen-bond acceptors (Lipinski definition) is 5. The number of hydrogen-bond donors (Lipinski definition) is 0. The van der Waals surface area contributed by atoms with Crippen molar-refractivity contribution in [3.05, 3.63) is 62.6 Å². The van der Waals surface area contributed by atoms with Crippen LogP contribution in [0.1, 0.15) is 45.1 Å². The van der Waals surface area contributed by atoms with E-state index < -0.39 is 0 Å². The molecule has 2 aromatic carbocycles. The average molecular weight is 549 g/mol. The molecule has 34 heavy (non-hydrogen) atoms. The second-order valence-electron chi connectivity index (χ2n) is 7.41. The quantitative estimate of drug-likeness (QED) is 0.127. The molecular weight excluding hydrogens is 520 g/mol. The monoisotopic (exact) mass is 547 g/mol. The molecular formula is C25H29Cl4NO4. The van der Waals surface area contributed by atoms with Gasteiger partial charge < -0.3 is 19.0 Å². The number of unbranched alkanes of at least 4 members (excludes halogenated alkanes) is 2. The summed E-state index contributed by atoms with van der Waals surface area (Å²) in [5.74, 6) is 1.77. The lowest BCUT2D eigenvalue weighted by atomic mass is 10.2. The minimum absolute atomic E-state index is 0.114. The van der Waals surface area contributed by atoms with E-state index >= 15 is 0 Å². The Balaban J connectivity index is 1.64. The predicted octanol–water partition coefficient (Wildman–Crippen LogP) is 8.47. The van der Waals surface area contributed by atoms with Crippen LogP contribution in [0.15, 0.2) is 52.1 Å². The van der Waals surface area contributed by atoms with Crippen LogP contribution in [0.3, 0.4) is 0 Å². The zero-order valence-corrected chi connectivity index (χ0v) is 22.3. The van der Waals surface area contributed by atoms with Crippen LogP contribution in [0.2, 0.25) is 10.0 Å². The topological polar surface area (TPSA) is 49.3 Å². The van der Waals surface area contributed by atoms with Crippen molar-refractivity contribution in [2.45, 2.75) is 45.6 Å². The van der Waals surface area contributed by atoms with Crippen molar-refractivity contribution < 1.29 is 19.0 Å². The Hall–Kier alpha value is -1.79. The lowest BCUT2D eigenvalue weighted by molar-refractivity contribution is 0.0712. The maximum atomic E-state index is 6.27. The number of ether oxygens (including phenoxy) is 3. The fourth-order valence-corrected chi connectivity index (χ4v) is 3.33. The van der Waals surface area contributed by atoms with Gasteiger partial charge in [-0.2, -0.15) is 0 Å². The van der Waals surface area contributed by atoms with Crippen LogP contribution in [-0.4, -0.2) is 32.1 Å². The van der Waals surface area contributed by atoms with Gasteiger partial charge >= 0.3 is 0 Å². The summed E-state index contributed by atoms with van der Waals surface area (Å²) in [6.45, 7) is 5.37. The Kier molecular flexibility index (Phi) is 13.4. The summed E-state index contributed by atoms with van der Waals surface area (Å²) < 4.78 is 17.2. The van der Waals surface area contributed by atoms with Crippen molar-refractivity contribution in [1.82, 2.24) is 0 Å². The van der Waals surface area contributed by atoms with Gasteiger partial charge in [-0.05, 0) is 68.5 Å². The number of nitrogens with zero attached hydrogens (tertiary/aromatic N) is 1. The lowest BCUT2D eigenvalue weighted by Gasteiger charge is -2.12. The van der Waals surface area contributed by atoms with Crippen LogP contribution in [0.25, 0.3) is 0 Å². The van der Waals surface area contributed by atoms with Gasteiger partial charge in [-0.1, -0.05) is 58.5 Å². The van der Waals surface area contributed by atoms with Crippen LogP contribution >= 0.6 is 46.4 Å². The molecule has 2 aromatic rings. The molecule has 186 valence electrons. The largest absolute Gasteiger partial charge is 0.494 e. The van der Waals surface area contributed by atoms with Gasteiger partial charge in [0.25, 0.3) is 0 Å². The molecule has 0 amide bonds. The summed E-state index contributed by atoms with van der Waals surface area (Å²) in [6, 6.07) is 11.0. The van der Waals surface area contributed by atoms with Crippen LogP contribution < -0.4 is 14.2 Å². The summed E-state index contributed by atoms with van der Waals surface area (Å²) in [7, 11) is 0. The molecule has 0 N–H and O–H groups in total. The van der Waals surface area contributed by atoms with Gasteiger partial charge in [-0.3, -0.25) is 0 Å².